The van der Waals surface area contributed by atoms with E-state index in [1.807, 2.05) is 12.2 Å². The molecule has 5 nitrogen and oxygen atoms in total. The molecule has 0 aliphatic rings. The number of aliphatic hydroxyl groups excluding tert-OH is 1. The van der Waals surface area contributed by atoms with E-state index in [2.05, 4.69) is 11.7 Å². The summed E-state index contributed by atoms with van der Waals surface area (Å²) in [5.74, 6) is -2.75. The van der Waals surface area contributed by atoms with E-state index in [-0.39, 0.29) is 12.4 Å². The van der Waals surface area contributed by atoms with Crippen LogP contribution in [0.4, 0.5) is 0 Å². The van der Waals surface area contributed by atoms with Crippen LogP contribution in [0.15, 0.2) is 24.3 Å². The third-order valence-electron chi connectivity index (χ3n) is 3.00. The molecule has 0 radical (unpaired) electrons. The minimum absolute atomic E-state index is 0.133. The van der Waals surface area contributed by atoms with Crippen LogP contribution >= 0.6 is 0 Å². The SMILES string of the molecule is CCCC=CC=CC(CCC(=O)OC)C(CO)C(=O)O. The smallest absolute Gasteiger partial charge is 0.309 e. The van der Waals surface area contributed by atoms with Gasteiger partial charge >= 0.3 is 11.9 Å². The summed E-state index contributed by atoms with van der Waals surface area (Å²) in [4.78, 5) is 22.2. The van der Waals surface area contributed by atoms with Gasteiger partial charge < -0.3 is 14.9 Å². The van der Waals surface area contributed by atoms with Crippen LogP contribution in [0.25, 0.3) is 0 Å². The second-order valence-corrected chi connectivity index (χ2v) is 4.51. The number of unbranched alkanes of at least 4 members (excludes halogenated alkanes) is 1. The van der Waals surface area contributed by atoms with Gasteiger partial charge in [0.15, 0.2) is 0 Å². The third-order valence-corrected chi connectivity index (χ3v) is 3.00. The first-order valence-corrected chi connectivity index (χ1v) is 6.80. The van der Waals surface area contributed by atoms with E-state index in [9.17, 15) is 14.7 Å². The predicted octanol–water partition coefficient (Wildman–Crippen LogP) is 2.16. The Hall–Kier alpha value is -1.62. The summed E-state index contributed by atoms with van der Waals surface area (Å²) in [6.45, 7) is 1.61. The normalized spacial score (nSPS) is 14.6. The molecule has 0 aliphatic carbocycles. The maximum Gasteiger partial charge on any atom is 0.309 e. The fourth-order valence-corrected chi connectivity index (χ4v) is 1.76. The van der Waals surface area contributed by atoms with Crippen molar-refractivity contribution in [1.82, 2.24) is 0 Å². The van der Waals surface area contributed by atoms with Crippen molar-refractivity contribution in [1.29, 1.82) is 0 Å². The summed E-state index contributed by atoms with van der Waals surface area (Å²) in [6, 6.07) is 0. The standard InChI is InChI=1S/C15H24O5/c1-3-4-5-6-7-8-12(9-10-14(17)20-2)13(11-16)15(18)19/h5-8,12-13,16H,3-4,9-11H2,1-2H3,(H,18,19). The number of hydrogen-bond donors (Lipinski definition) is 2. The molecule has 0 bridgehead atoms. The molecular formula is C15H24O5. The molecule has 0 saturated carbocycles. The molecule has 2 N–H and O–H groups in total. The summed E-state index contributed by atoms with van der Waals surface area (Å²) in [6.07, 6.45) is 9.81. The van der Waals surface area contributed by atoms with Crippen molar-refractivity contribution in [2.75, 3.05) is 13.7 Å². The van der Waals surface area contributed by atoms with Crippen LogP contribution in [0, 0.1) is 11.8 Å². The summed E-state index contributed by atoms with van der Waals surface area (Å²) >= 11 is 0. The molecule has 0 rings (SSSR count). The Morgan fingerprint density at radius 3 is 2.50 bits per heavy atom. The summed E-state index contributed by atoms with van der Waals surface area (Å²) in [5, 5.41) is 18.3. The molecule has 2 atom stereocenters. The Balaban J connectivity index is 4.68. The summed E-state index contributed by atoms with van der Waals surface area (Å²) < 4.78 is 4.55. The van der Waals surface area contributed by atoms with E-state index in [0.29, 0.717) is 6.42 Å². The number of hydrogen-bond acceptors (Lipinski definition) is 4. The molecule has 0 aromatic rings. The van der Waals surface area contributed by atoms with E-state index in [0.717, 1.165) is 12.8 Å². The molecule has 5 heteroatoms. The summed E-state index contributed by atoms with van der Waals surface area (Å²) in [5.41, 5.74) is 0. The number of carboxylic acids is 1. The van der Waals surface area contributed by atoms with Gasteiger partial charge in [0.05, 0.1) is 19.6 Å². The van der Waals surface area contributed by atoms with Crippen molar-refractivity contribution in [2.45, 2.75) is 32.6 Å². The average molecular weight is 284 g/mol. The van der Waals surface area contributed by atoms with Gasteiger partial charge in [-0.15, -0.1) is 0 Å². The zero-order valence-corrected chi connectivity index (χ0v) is 12.1. The Morgan fingerprint density at radius 2 is 2.00 bits per heavy atom. The highest BCUT2D eigenvalue weighted by Gasteiger charge is 2.25. The highest BCUT2D eigenvalue weighted by molar-refractivity contribution is 5.71. The lowest BCUT2D eigenvalue weighted by atomic mass is 9.88. The largest absolute Gasteiger partial charge is 0.481 e. The Kier molecular flexibility index (Phi) is 10.3. The van der Waals surface area contributed by atoms with Gasteiger partial charge in [0.2, 0.25) is 0 Å². The number of carboxylic acid groups (broad SMARTS) is 1. The molecule has 0 spiro atoms. The maximum absolute atomic E-state index is 11.1. The number of carbonyl (C=O) groups is 2. The highest BCUT2D eigenvalue weighted by Crippen LogP contribution is 2.20. The molecule has 20 heavy (non-hydrogen) atoms. The van der Waals surface area contributed by atoms with Crippen molar-refractivity contribution in [2.24, 2.45) is 11.8 Å². The Labute approximate surface area is 119 Å². The molecule has 0 aliphatic heterocycles. The van der Waals surface area contributed by atoms with Crippen LogP contribution in [0.3, 0.4) is 0 Å². The zero-order chi connectivity index (χ0) is 15.4. The third kappa shape index (κ3) is 7.74. The van der Waals surface area contributed by atoms with Gasteiger partial charge in [-0.25, -0.2) is 0 Å². The molecular weight excluding hydrogens is 260 g/mol. The minimum atomic E-state index is -1.07. The quantitative estimate of drug-likeness (QED) is 0.474. The second-order valence-electron chi connectivity index (χ2n) is 4.51. The van der Waals surface area contributed by atoms with Crippen LogP contribution in [0.2, 0.25) is 0 Å². The van der Waals surface area contributed by atoms with Crippen molar-refractivity contribution in [3.63, 3.8) is 0 Å². The van der Waals surface area contributed by atoms with Crippen molar-refractivity contribution >= 4 is 11.9 Å². The first-order chi connectivity index (χ1) is 9.56. The van der Waals surface area contributed by atoms with Crippen LogP contribution in [0.1, 0.15) is 32.6 Å². The lowest BCUT2D eigenvalue weighted by Crippen LogP contribution is -2.26. The van der Waals surface area contributed by atoms with Gasteiger partial charge in [0.1, 0.15) is 0 Å². The monoisotopic (exact) mass is 284 g/mol. The van der Waals surface area contributed by atoms with Gasteiger partial charge in [-0.2, -0.15) is 0 Å². The van der Waals surface area contributed by atoms with Crippen LogP contribution < -0.4 is 0 Å². The number of allylic oxidation sites excluding steroid dienone is 4. The molecule has 0 heterocycles. The molecule has 0 saturated heterocycles. The molecule has 2 unspecified atom stereocenters. The van der Waals surface area contributed by atoms with Crippen LogP contribution in [-0.4, -0.2) is 35.9 Å². The fourth-order valence-electron chi connectivity index (χ4n) is 1.76. The number of aliphatic hydroxyl groups is 1. The average Bonchev–Trinajstić information content (AvgIpc) is 2.43. The van der Waals surface area contributed by atoms with Crippen LogP contribution in [0.5, 0.6) is 0 Å². The number of rotatable bonds is 10. The molecule has 114 valence electrons. The van der Waals surface area contributed by atoms with Gasteiger partial charge in [-0.3, -0.25) is 9.59 Å². The first kappa shape index (κ1) is 18.4. The molecule has 0 aromatic carbocycles. The number of ether oxygens (including phenoxy) is 1. The van der Waals surface area contributed by atoms with E-state index in [4.69, 9.17) is 5.11 Å². The Bertz CT molecular complexity index is 346. The Morgan fingerprint density at radius 1 is 1.30 bits per heavy atom. The fraction of sp³-hybridized carbons (Fsp3) is 0.600. The predicted molar refractivity (Wildman–Crippen MR) is 76.1 cm³/mol. The van der Waals surface area contributed by atoms with Gasteiger partial charge in [0, 0.05) is 6.42 Å². The zero-order valence-electron chi connectivity index (χ0n) is 12.1. The minimum Gasteiger partial charge on any atom is -0.481 e. The van der Waals surface area contributed by atoms with Gasteiger partial charge in [-0.1, -0.05) is 37.6 Å². The molecule has 0 aromatic heterocycles. The van der Waals surface area contributed by atoms with Crippen LogP contribution in [-0.2, 0) is 14.3 Å². The van der Waals surface area contributed by atoms with Crippen molar-refractivity contribution in [3.05, 3.63) is 24.3 Å². The second kappa shape index (κ2) is 11.2. The number of carbonyl (C=O) groups excluding carboxylic acids is 1. The van der Waals surface area contributed by atoms with E-state index in [1.54, 1.807) is 12.2 Å². The molecule has 0 fully saturated rings. The van der Waals surface area contributed by atoms with Crippen molar-refractivity contribution < 1.29 is 24.5 Å². The highest BCUT2D eigenvalue weighted by atomic mass is 16.5. The van der Waals surface area contributed by atoms with E-state index in [1.165, 1.54) is 7.11 Å². The van der Waals surface area contributed by atoms with E-state index < -0.39 is 24.4 Å². The summed E-state index contributed by atoms with van der Waals surface area (Å²) in [7, 11) is 1.29. The topological polar surface area (TPSA) is 83.8 Å². The van der Waals surface area contributed by atoms with E-state index >= 15 is 0 Å². The van der Waals surface area contributed by atoms with Crippen molar-refractivity contribution in [3.8, 4) is 0 Å². The van der Waals surface area contributed by atoms with Gasteiger partial charge in [-0.05, 0) is 18.8 Å². The number of aliphatic carboxylic acids is 1. The maximum atomic E-state index is 11.1. The number of esters is 1. The number of methoxy groups -OCH3 is 1. The lowest BCUT2D eigenvalue weighted by Gasteiger charge is -2.18. The first-order valence-electron chi connectivity index (χ1n) is 6.80. The lowest BCUT2D eigenvalue weighted by molar-refractivity contribution is -0.146. The molecule has 0 amide bonds. The van der Waals surface area contributed by atoms with Gasteiger partial charge in [0.25, 0.3) is 0 Å².